The Morgan fingerprint density at radius 2 is 2.19 bits per heavy atom. The Morgan fingerprint density at radius 1 is 1.44 bits per heavy atom. The Kier molecular flexibility index (Phi) is 3.41. The quantitative estimate of drug-likeness (QED) is 0.603. The number of rotatable bonds is 2. The topological polar surface area (TPSA) is 50.9 Å². The number of hydrogen-bond donors (Lipinski definition) is 1. The maximum Gasteiger partial charge on any atom is 0.196 e. The molecule has 1 saturated heterocycles. The first-order chi connectivity index (χ1) is 7.79. The summed E-state index contributed by atoms with van der Waals surface area (Å²) in [6.45, 7) is 1.75. The van der Waals surface area contributed by atoms with Gasteiger partial charge in [0.05, 0.1) is 11.8 Å². The van der Waals surface area contributed by atoms with Crippen LogP contribution in [0.15, 0.2) is 35.3 Å². The van der Waals surface area contributed by atoms with E-state index in [0.29, 0.717) is 5.96 Å². The van der Waals surface area contributed by atoms with Crippen LogP contribution in [0.3, 0.4) is 0 Å². The highest BCUT2D eigenvalue weighted by atomic mass is 16.5. The molecular formula is C12H17N3O. The average molecular weight is 219 g/mol. The van der Waals surface area contributed by atoms with Crippen LogP contribution in [-0.4, -0.2) is 37.2 Å². The lowest BCUT2D eigenvalue weighted by Gasteiger charge is -2.16. The monoisotopic (exact) mass is 219 g/mol. The molecule has 0 spiro atoms. The van der Waals surface area contributed by atoms with Crippen molar-refractivity contribution in [1.29, 1.82) is 0 Å². The number of likely N-dealkylation sites (tertiary alicyclic amines) is 1. The molecule has 4 heteroatoms. The lowest BCUT2D eigenvalue weighted by Crippen LogP contribution is -2.36. The molecule has 16 heavy (non-hydrogen) atoms. The van der Waals surface area contributed by atoms with Crippen LogP contribution in [0.1, 0.15) is 6.42 Å². The van der Waals surface area contributed by atoms with Gasteiger partial charge in [-0.2, -0.15) is 0 Å². The van der Waals surface area contributed by atoms with Crippen LogP contribution < -0.4 is 5.73 Å². The van der Waals surface area contributed by atoms with Crippen LogP contribution in [0.2, 0.25) is 0 Å². The number of methoxy groups -OCH3 is 1. The van der Waals surface area contributed by atoms with E-state index >= 15 is 0 Å². The molecular weight excluding hydrogens is 202 g/mol. The number of benzene rings is 1. The first kappa shape index (κ1) is 11.0. The third kappa shape index (κ3) is 2.52. The zero-order chi connectivity index (χ0) is 11.4. The minimum atomic E-state index is 0.282. The maximum atomic E-state index is 5.95. The summed E-state index contributed by atoms with van der Waals surface area (Å²) < 4.78 is 5.29. The number of nitrogens with zero attached hydrogens (tertiary/aromatic N) is 2. The molecule has 4 nitrogen and oxygen atoms in total. The minimum absolute atomic E-state index is 0.282. The third-order valence-electron chi connectivity index (χ3n) is 2.80. The molecule has 0 amide bonds. The number of aliphatic imine (C=N–C) groups is 1. The van der Waals surface area contributed by atoms with Gasteiger partial charge in [-0.25, -0.2) is 4.99 Å². The van der Waals surface area contributed by atoms with E-state index in [1.54, 1.807) is 7.11 Å². The standard InChI is InChI=1S/C12H17N3O/c1-16-11-7-8-15(9-11)12(13)14-10-5-3-2-4-6-10/h2-6,11H,7-9H2,1H3,(H2,13,14). The Balaban J connectivity index is 2.03. The maximum absolute atomic E-state index is 5.95. The van der Waals surface area contributed by atoms with Crippen molar-refractivity contribution in [1.82, 2.24) is 4.90 Å². The summed E-state index contributed by atoms with van der Waals surface area (Å²) in [7, 11) is 1.73. The van der Waals surface area contributed by atoms with Gasteiger partial charge in [0.15, 0.2) is 5.96 Å². The van der Waals surface area contributed by atoms with Crippen LogP contribution in [0.25, 0.3) is 0 Å². The highest BCUT2D eigenvalue weighted by Crippen LogP contribution is 2.14. The minimum Gasteiger partial charge on any atom is -0.380 e. The zero-order valence-electron chi connectivity index (χ0n) is 9.47. The molecule has 0 aromatic heterocycles. The molecule has 1 aromatic rings. The van der Waals surface area contributed by atoms with Gasteiger partial charge in [0.25, 0.3) is 0 Å². The van der Waals surface area contributed by atoms with Crippen LogP contribution >= 0.6 is 0 Å². The SMILES string of the molecule is COC1CCN(C(N)=Nc2ccccc2)C1. The lowest BCUT2D eigenvalue weighted by molar-refractivity contribution is 0.114. The number of para-hydroxylation sites is 1. The van der Waals surface area contributed by atoms with Crippen molar-refractivity contribution >= 4 is 11.6 Å². The zero-order valence-corrected chi connectivity index (χ0v) is 9.47. The second-order valence-corrected chi connectivity index (χ2v) is 3.90. The van der Waals surface area contributed by atoms with Crippen molar-refractivity contribution in [2.45, 2.75) is 12.5 Å². The summed E-state index contributed by atoms with van der Waals surface area (Å²) in [6.07, 6.45) is 1.30. The first-order valence-electron chi connectivity index (χ1n) is 5.46. The average Bonchev–Trinajstić information content (AvgIpc) is 2.79. The summed E-state index contributed by atoms with van der Waals surface area (Å²) in [5, 5.41) is 0. The number of hydrogen-bond acceptors (Lipinski definition) is 2. The fourth-order valence-corrected chi connectivity index (χ4v) is 1.83. The smallest absolute Gasteiger partial charge is 0.196 e. The molecule has 1 heterocycles. The molecule has 2 N–H and O–H groups in total. The summed E-state index contributed by atoms with van der Waals surface area (Å²) in [6, 6.07) is 9.75. The third-order valence-corrected chi connectivity index (χ3v) is 2.80. The van der Waals surface area contributed by atoms with Gasteiger partial charge in [0.1, 0.15) is 0 Å². The van der Waals surface area contributed by atoms with Gasteiger partial charge < -0.3 is 15.4 Å². The molecule has 0 bridgehead atoms. The predicted octanol–water partition coefficient (Wildman–Crippen LogP) is 1.35. The van der Waals surface area contributed by atoms with E-state index in [2.05, 4.69) is 9.89 Å². The van der Waals surface area contributed by atoms with Gasteiger partial charge in [-0.05, 0) is 18.6 Å². The van der Waals surface area contributed by atoms with Crippen LogP contribution in [0.4, 0.5) is 5.69 Å². The molecule has 0 saturated carbocycles. The van der Waals surface area contributed by atoms with Gasteiger partial charge >= 0.3 is 0 Å². The van der Waals surface area contributed by atoms with Crippen molar-refractivity contribution < 1.29 is 4.74 Å². The Bertz CT molecular complexity index is 364. The second-order valence-electron chi connectivity index (χ2n) is 3.90. The molecule has 2 rings (SSSR count). The van der Waals surface area contributed by atoms with Gasteiger partial charge in [-0.3, -0.25) is 0 Å². The van der Waals surface area contributed by atoms with Crippen molar-refractivity contribution in [3.05, 3.63) is 30.3 Å². The van der Waals surface area contributed by atoms with Gasteiger partial charge in [-0.15, -0.1) is 0 Å². The molecule has 1 fully saturated rings. The second kappa shape index (κ2) is 4.99. The summed E-state index contributed by atoms with van der Waals surface area (Å²) in [5.41, 5.74) is 6.84. The van der Waals surface area contributed by atoms with Crippen molar-refractivity contribution in [2.24, 2.45) is 10.7 Å². The molecule has 1 aliphatic heterocycles. The molecule has 1 aliphatic rings. The van der Waals surface area contributed by atoms with E-state index < -0.39 is 0 Å². The highest BCUT2D eigenvalue weighted by Gasteiger charge is 2.23. The van der Waals surface area contributed by atoms with E-state index in [1.165, 1.54) is 0 Å². The molecule has 0 radical (unpaired) electrons. The van der Waals surface area contributed by atoms with Gasteiger partial charge in [-0.1, -0.05) is 18.2 Å². The van der Waals surface area contributed by atoms with E-state index in [1.807, 2.05) is 30.3 Å². The molecule has 0 aliphatic carbocycles. The number of ether oxygens (including phenoxy) is 1. The first-order valence-corrected chi connectivity index (χ1v) is 5.46. The van der Waals surface area contributed by atoms with E-state index in [9.17, 15) is 0 Å². The fourth-order valence-electron chi connectivity index (χ4n) is 1.83. The van der Waals surface area contributed by atoms with Crippen LogP contribution in [0, 0.1) is 0 Å². The normalized spacial score (nSPS) is 21.4. The van der Waals surface area contributed by atoms with E-state index in [-0.39, 0.29) is 6.10 Å². The van der Waals surface area contributed by atoms with Gasteiger partial charge in [0.2, 0.25) is 0 Å². The van der Waals surface area contributed by atoms with Crippen LogP contribution in [0.5, 0.6) is 0 Å². The largest absolute Gasteiger partial charge is 0.380 e. The summed E-state index contributed by atoms with van der Waals surface area (Å²) in [5.74, 6) is 0.575. The van der Waals surface area contributed by atoms with Crippen LogP contribution in [-0.2, 0) is 4.74 Å². The predicted molar refractivity (Wildman–Crippen MR) is 64.7 cm³/mol. The van der Waals surface area contributed by atoms with Gasteiger partial charge in [0, 0.05) is 20.2 Å². The highest BCUT2D eigenvalue weighted by molar-refractivity contribution is 5.81. The van der Waals surface area contributed by atoms with Crippen molar-refractivity contribution in [2.75, 3.05) is 20.2 Å². The van der Waals surface area contributed by atoms with Crippen molar-refractivity contribution in [3.8, 4) is 0 Å². The van der Waals surface area contributed by atoms with E-state index in [4.69, 9.17) is 10.5 Å². The molecule has 86 valence electrons. The summed E-state index contributed by atoms with van der Waals surface area (Å²) in [4.78, 5) is 6.43. The molecule has 1 aromatic carbocycles. The Hall–Kier alpha value is -1.55. The lowest BCUT2D eigenvalue weighted by atomic mass is 10.3. The summed E-state index contributed by atoms with van der Waals surface area (Å²) >= 11 is 0. The van der Waals surface area contributed by atoms with E-state index in [0.717, 1.165) is 25.2 Å². The number of guanidine groups is 1. The Labute approximate surface area is 95.7 Å². The Morgan fingerprint density at radius 3 is 2.81 bits per heavy atom. The molecule has 1 unspecified atom stereocenters. The van der Waals surface area contributed by atoms with Crippen molar-refractivity contribution in [3.63, 3.8) is 0 Å². The number of nitrogens with two attached hydrogens (primary N) is 1. The molecule has 1 atom stereocenters. The fraction of sp³-hybridized carbons (Fsp3) is 0.417.